The molecule has 0 heterocycles. The van der Waals surface area contributed by atoms with E-state index in [2.05, 4.69) is 4.72 Å². The highest BCUT2D eigenvalue weighted by molar-refractivity contribution is 8.00. The molecule has 3 nitrogen and oxygen atoms in total. The first-order valence-corrected chi connectivity index (χ1v) is 9.99. The number of rotatable bonds is 7. The van der Waals surface area contributed by atoms with E-state index < -0.39 is 10.0 Å². The minimum absolute atomic E-state index is 0.0646. The minimum Gasteiger partial charge on any atom is -0.284 e. The fourth-order valence-electron chi connectivity index (χ4n) is 2.28. The van der Waals surface area contributed by atoms with Crippen molar-refractivity contribution >= 4 is 39.1 Å². The number of hydrogen-bond donors (Lipinski definition) is 1. The van der Waals surface area contributed by atoms with Crippen molar-refractivity contribution in [2.75, 3.05) is 16.4 Å². The first kappa shape index (κ1) is 16.0. The Labute approximate surface area is 130 Å². The van der Waals surface area contributed by atoms with E-state index in [9.17, 15) is 8.42 Å². The first-order chi connectivity index (χ1) is 9.59. The number of hydrogen-bond acceptors (Lipinski definition) is 3. The topological polar surface area (TPSA) is 46.2 Å². The molecule has 1 aromatic rings. The van der Waals surface area contributed by atoms with Crippen LogP contribution in [0.2, 0.25) is 0 Å². The van der Waals surface area contributed by atoms with Crippen LogP contribution in [0.1, 0.15) is 32.1 Å². The molecule has 0 spiro atoms. The van der Waals surface area contributed by atoms with Gasteiger partial charge in [0.25, 0.3) is 0 Å². The van der Waals surface area contributed by atoms with Gasteiger partial charge in [-0.3, -0.25) is 4.72 Å². The van der Waals surface area contributed by atoms with E-state index in [4.69, 9.17) is 11.6 Å². The zero-order valence-electron chi connectivity index (χ0n) is 11.3. The second-order valence-corrected chi connectivity index (χ2v) is 8.61. The van der Waals surface area contributed by atoms with Crippen LogP contribution in [0.25, 0.3) is 0 Å². The van der Waals surface area contributed by atoms with Crippen LogP contribution in [0.4, 0.5) is 5.69 Å². The Morgan fingerprint density at radius 1 is 1.20 bits per heavy atom. The molecule has 0 saturated heterocycles. The summed E-state index contributed by atoms with van der Waals surface area (Å²) >= 11 is 7.41. The smallest absolute Gasteiger partial charge is 0.232 e. The second-order valence-electron chi connectivity index (χ2n) is 5.01. The van der Waals surface area contributed by atoms with Crippen molar-refractivity contribution in [3.63, 3.8) is 0 Å². The van der Waals surface area contributed by atoms with Crippen molar-refractivity contribution in [2.24, 2.45) is 0 Å². The molecule has 112 valence electrons. The maximum Gasteiger partial charge on any atom is 0.232 e. The fourth-order valence-corrected chi connectivity index (χ4v) is 4.94. The Hall–Kier alpha value is -0.390. The van der Waals surface area contributed by atoms with Gasteiger partial charge in [0.1, 0.15) is 0 Å². The SMILES string of the molecule is O=S(=O)(CCCCl)Nc1ccc(SC2CCCC2)cc1. The number of thioether (sulfide) groups is 1. The van der Waals surface area contributed by atoms with Crippen LogP contribution in [-0.4, -0.2) is 25.3 Å². The van der Waals surface area contributed by atoms with Gasteiger partial charge in [0.05, 0.1) is 5.75 Å². The Morgan fingerprint density at radius 2 is 1.85 bits per heavy atom. The molecule has 2 rings (SSSR count). The van der Waals surface area contributed by atoms with Crippen molar-refractivity contribution in [3.8, 4) is 0 Å². The van der Waals surface area contributed by atoms with Gasteiger partial charge in [-0.25, -0.2) is 8.42 Å². The third-order valence-corrected chi connectivity index (χ3v) is 6.27. The van der Waals surface area contributed by atoms with Crippen LogP contribution >= 0.6 is 23.4 Å². The summed E-state index contributed by atoms with van der Waals surface area (Å²) in [6, 6.07) is 7.63. The van der Waals surface area contributed by atoms with Crippen LogP contribution in [0, 0.1) is 0 Å². The van der Waals surface area contributed by atoms with Gasteiger partial charge >= 0.3 is 0 Å². The Kier molecular flexibility index (Phi) is 6.05. The fraction of sp³-hybridized carbons (Fsp3) is 0.571. The van der Waals surface area contributed by atoms with Crippen LogP contribution in [-0.2, 0) is 10.0 Å². The number of benzene rings is 1. The van der Waals surface area contributed by atoms with Crippen molar-refractivity contribution in [2.45, 2.75) is 42.2 Å². The summed E-state index contributed by atoms with van der Waals surface area (Å²) in [6.07, 6.45) is 5.70. The molecule has 0 radical (unpaired) electrons. The number of anilines is 1. The van der Waals surface area contributed by atoms with Crippen LogP contribution < -0.4 is 4.72 Å². The molecular weight excluding hydrogens is 314 g/mol. The van der Waals surface area contributed by atoms with Gasteiger partial charge < -0.3 is 0 Å². The van der Waals surface area contributed by atoms with Gasteiger partial charge in [-0.1, -0.05) is 12.8 Å². The highest BCUT2D eigenvalue weighted by atomic mass is 35.5. The molecule has 0 aromatic heterocycles. The third-order valence-electron chi connectivity index (χ3n) is 3.28. The van der Waals surface area contributed by atoms with Crippen molar-refractivity contribution in [3.05, 3.63) is 24.3 Å². The van der Waals surface area contributed by atoms with E-state index >= 15 is 0 Å². The van der Waals surface area contributed by atoms with Gasteiger partial charge in [0, 0.05) is 21.7 Å². The summed E-state index contributed by atoms with van der Waals surface area (Å²) in [5.74, 6) is 0.424. The highest BCUT2D eigenvalue weighted by Gasteiger charge is 2.16. The standard InChI is InChI=1S/C14H20ClNO2S2/c15-10-3-11-20(17,18)16-12-6-8-14(9-7-12)19-13-4-1-2-5-13/h6-9,13,16H,1-5,10-11H2. The lowest BCUT2D eigenvalue weighted by Crippen LogP contribution is -2.16. The molecule has 0 bridgehead atoms. The molecule has 1 aliphatic carbocycles. The lowest BCUT2D eigenvalue weighted by atomic mass is 10.3. The molecule has 1 aromatic carbocycles. The van der Waals surface area contributed by atoms with Gasteiger partial charge in [-0.2, -0.15) is 0 Å². The first-order valence-electron chi connectivity index (χ1n) is 6.92. The summed E-state index contributed by atoms with van der Waals surface area (Å²) in [5.41, 5.74) is 0.621. The third kappa shape index (κ3) is 5.19. The monoisotopic (exact) mass is 333 g/mol. The van der Waals surface area contributed by atoms with Gasteiger partial charge in [-0.05, 0) is 43.5 Å². The molecule has 0 amide bonds. The number of halogens is 1. The largest absolute Gasteiger partial charge is 0.284 e. The second kappa shape index (κ2) is 7.57. The maximum absolute atomic E-state index is 11.7. The highest BCUT2D eigenvalue weighted by Crippen LogP contribution is 2.34. The molecule has 0 atom stereocenters. The summed E-state index contributed by atoms with van der Waals surface area (Å²) < 4.78 is 26.1. The van der Waals surface area contributed by atoms with Crippen LogP contribution in [0.3, 0.4) is 0 Å². The Bertz CT molecular complexity index is 510. The lowest BCUT2D eigenvalue weighted by Gasteiger charge is -2.10. The predicted molar refractivity (Wildman–Crippen MR) is 87.3 cm³/mol. The molecule has 1 saturated carbocycles. The molecule has 1 aliphatic rings. The zero-order chi connectivity index (χ0) is 14.4. The molecule has 1 fully saturated rings. The number of sulfonamides is 1. The quantitative estimate of drug-likeness (QED) is 0.764. The van der Waals surface area contributed by atoms with Gasteiger partial charge in [0.2, 0.25) is 10.0 Å². The predicted octanol–water partition coefficient (Wildman–Crippen LogP) is 4.09. The van der Waals surface area contributed by atoms with Crippen molar-refractivity contribution < 1.29 is 8.42 Å². The molecule has 0 aliphatic heterocycles. The van der Waals surface area contributed by atoms with Crippen molar-refractivity contribution in [1.82, 2.24) is 0 Å². The normalized spacial score (nSPS) is 16.4. The maximum atomic E-state index is 11.7. The molecular formula is C14H20ClNO2S2. The Balaban J connectivity index is 1.90. The van der Waals surface area contributed by atoms with E-state index in [1.807, 2.05) is 36.0 Å². The van der Waals surface area contributed by atoms with E-state index in [1.165, 1.54) is 30.6 Å². The summed E-state index contributed by atoms with van der Waals surface area (Å²) in [6.45, 7) is 0. The molecule has 20 heavy (non-hydrogen) atoms. The Morgan fingerprint density at radius 3 is 2.45 bits per heavy atom. The number of alkyl halides is 1. The lowest BCUT2D eigenvalue weighted by molar-refractivity contribution is 0.600. The van der Waals surface area contributed by atoms with Gasteiger partial charge in [0.15, 0.2) is 0 Å². The van der Waals surface area contributed by atoms with E-state index in [0.717, 1.165) is 5.25 Å². The molecule has 6 heteroatoms. The minimum atomic E-state index is -3.27. The summed E-state index contributed by atoms with van der Waals surface area (Å²) in [7, 11) is -3.27. The molecule has 1 N–H and O–H groups in total. The molecule has 0 unspecified atom stereocenters. The van der Waals surface area contributed by atoms with E-state index in [-0.39, 0.29) is 5.75 Å². The number of nitrogens with one attached hydrogen (secondary N) is 1. The van der Waals surface area contributed by atoms with Gasteiger partial charge in [-0.15, -0.1) is 23.4 Å². The van der Waals surface area contributed by atoms with E-state index in [0.29, 0.717) is 18.0 Å². The zero-order valence-corrected chi connectivity index (χ0v) is 13.7. The van der Waals surface area contributed by atoms with Crippen LogP contribution in [0.5, 0.6) is 0 Å². The van der Waals surface area contributed by atoms with Crippen LogP contribution in [0.15, 0.2) is 29.2 Å². The van der Waals surface area contributed by atoms with Crippen molar-refractivity contribution in [1.29, 1.82) is 0 Å². The summed E-state index contributed by atoms with van der Waals surface area (Å²) in [4.78, 5) is 1.21. The summed E-state index contributed by atoms with van der Waals surface area (Å²) in [5, 5.41) is 0.723. The average molecular weight is 334 g/mol. The average Bonchev–Trinajstić information content (AvgIpc) is 2.91. The van der Waals surface area contributed by atoms with E-state index in [1.54, 1.807) is 0 Å².